The highest BCUT2D eigenvalue weighted by Crippen LogP contribution is 2.24. The number of hydrogen-bond donors (Lipinski definition) is 0. The third-order valence-corrected chi connectivity index (χ3v) is 1.42. The second-order valence-corrected chi connectivity index (χ2v) is 2.50. The predicted octanol–water partition coefficient (Wildman–Crippen LogP) is 2.69. The summed E-state index contributed by atoms with van der Waals surface area (Å²) in [6.45, 7) is 0. The van der Waals surface area contributed by atoms with Gasteiger partial charge in [0.15, 0.2) is 0 Å². The molecule has 0 aromatic heterocycles. The summed E-state index contributed by atoms with van der Waals surface area (Å²) in [6.07, 6.45) is -6.75. The van der Waals surface area contributed by atoms with E-state index in [0.29, 0.717) is 0 Å². The Hall–Kier alpha value is 0.0300. The number of carbonyl (C=O) groups is 1. The minimum atomic E-state index is -4.58. The Morgan fingerprint density at radius 1 is 1.64 bits per heavy atom. The smallest absolute Gasteiger partial charge is 0.426 e. The molecule has 0 heterocycles. The SMILES string of the molecule is O=C(Cl)OC(CBr)C(F)(F)F. The van der Waals surface area contributed by atoms with Crippen LogP contribution in [-0.2, 0) is 4.74 Å². The molecule has 0 aliphatic rings. The van der Waals surface area contributed by atoms with Gasteiger partial charge in [-0.3, -0.25) is 0 Å². The summed E-state index contributed by atoms with van der Waals surface area (Å²) in [6, 6.07) is 0. The van der Waals surface area contributed by atoms with Crippen molar-refractivity contribution in [1.29, 1.82) is 0 Å². The van der Waals surface area contributed by atoms with Gasteiger partial charge in [0.1, 0.15) is 0 Å². The van der Waals surface area contributed by atoms with Gasteiger partial charge in [-0.1, -0.05) is 15.9 Å². The summed E-state index contributed by atoms with van der Waals surface area (Å²) < 4.78 is 38.9. The van der Waals surface area contributed by atoms with Crippen molar-refractivity contribution < 1.29 is 22.7 Å². The first-order valence-electron chi connectivity index (χ1n) is 2.36. The van der Waals surface area contributed by atoms with Crippen molar-refractivity contribution in [3.8, 4) is 0 Å². The van der Waals surface area contributed by atoms with Crippen molar-refractivity contribution in [2.75, 3.05) is 5.33 Å². The highest BCUT2D eigenvalue weighted by atomic mass is 79.9. The minimum absolute atomic E-state index is 0.519. The summed E-state index contributed by atoms with van der Waals surface area (Å²) in [4.78, 5) is 9.88. The molecule has 0 aliphatic heterocycles. The Morgan fingerprint density at radius 2 is 2.09 bits per heavy atom. The molecule has 11 heavy (non-hydrogen) atoms. The molecule has 0 saturated carbocycles. The van der Waals surface area contributed by atoms with Crippen molar-refractivity contribution in [3.05, 3.63) is 0 Å². The molecule has 0 aromatic rings. The molecule has 0 N–H and O–H groups in total. The van der Waals surface area contributed by atoms with Crippen molar-refractivity contribution in [1.82, 2.24) is 0 Å². The van der Waals surface area contributed by atoms with E-state index < -0.39 is 23.0 Å². The molecule has 0 aliphatic carbocycles. The quantitative estimate of drug-likeness (QED) is 0.560. The molecular formula is C4H3BrClF3O2. The highest BCUT2D eigenvalue weighted by molar-refractivity contribution is 9.09. The molecule has 0 spiro atoms. The van der Waals surface area contributed by atoms with Crippen LogP contribution in [0.3, 0.4) is 0 Å². The third kappa shape index (κ3) is 4.47. The molecule has 1 unspecified atom stereocenters. The number of alkyl halides is 4. The first-order chi connectivity index (χ1) is 4.88. The van der Waals surface area contributed by atoms with Crippen LogP contribution in [-0.4, -0.2) is 23.0 Å². The molecule has 2 nitrogen and oxygen atoms in total. The van der Waals surface area contributed by atoms with Gasteiger partial charge in [-0.15, -0.1) is 0 Å². The van der Waals surface area contributed by atoms with Crippen LogP contribution in [0, 0.1) is 0 Å². The third-order valence-electron chi connectivity index (χ3n) is 0.740. The van der Waals surface area contributed by atoms with E-state index in [2.05, 4.69) is 32.3 Å². The van der Waals surface area contributed by atoms with E-state index in [4.69, 9.17) is 0 Å². The standard InChI is InChI=1S/C4H3BrClF3O2/c5-1-2(4(7,8)9)11-3(6)10/h2H,1H2. The number of ether oxygens (including phenoxy) is 1. The van der Waals surface area contributed by atoms with Crippen molar-refractivity contribution in [2.45, 2.75) is 12.3 Å². The zero-order chi connectivity index (χ0) is 9.07. The molecule has 7 heteroatoms. The molecule has 0 bridgehead atoms. The minimum Gasteiger partial charge on any atom is -0.440 e. The van der Waals surface area contributed by atoms with E-state index in [1.807, 2.05) is 0 Å². The lowest BCUT2D eigenvalue weighted by molar-refractivity contribution is -0.193. The van der Waals surface area contributed by atoms with Crippen molar-refractivity contribution in [3.63, 3.8) is 0 Å². The van der Waals surface area contributed by atoms with Crippen LogP contribution in [0.15, 0.2) is 0 Å². The van der Waals surface area contributed by atoms with Gasteiger partial charge in [-0.25, -0.2) is 4.79 Å². The Bertz CT molecular complexity index is 149. The Morgan fingerprint density at radius 3 is 2.18 bits per heavy atom. The second kappa shape index (κ2) is 4.15. The van der Waals surface area contributed by atoms with Gasteiger partial charge in [0, 0.05) is 16.9 Å². The average molecular weight is 255 g/mol. The average Bonchev–Trinajstić information content (AvgIpc) is 1.79. The molecule has 0 radical (unpaired) electrons. The van der Waals surface area contributed by atoms with E-state index in [0.717, 1.165) is 0 Å². The van der Waals surface area contributed by atoms with Crippen LogP contribution in [0.1, 0.15) is 0 Å². The monoisotopic (exact) mass is 254 g/mol. The number of rotatable bonds is 2. The summed E-state index contributed by atoms with van der Waals surface area (Å²) in [5, 5.41) is -0.519. The zero-order valence-corrected chi connectivity index (χ0v) is 7.33. The van der Waals surface area contributed by atoms with E-state index in [1.165, 1.54) is 0 Å². The van der Waals surface area contributed by atoms with E-state index >= 15 is 0 Å². The summed E-state index contributed by atoms with van der Waals surface area (Å²) in [5.41, 5.74) is -1.47. The molecule has 0 saturated heterocycles. The fraction of sp³-hybridized carbons (Fsp3) is 0.750. The maximum atomic E-state index is 11.7. The van der Waals surface area contributed by atoms with Gasteiger partial charge in [0.25, 0.3) is 0 Å². The van der Waals surface area contributed by atoms with Crippen LogP contribution in [0.25, 0.3) is 0 Å². The summed E-state index contributed by atoms with van der Waals surface area (Å²) in [5.74, 6) is 0. The van der Waals surface area contributed by atoms with E-state index in [9.17, 15) is 18.0 Å². The van der Waals surface area contributed by atoms with Crippen LogP contribution in [0.2, 0.25) is 0 Å². The lowest BCUT2D eigenvalue weighted by Crippen LogP contribution is -2.33. The molecule has 0 amide bonds. The van der Waals surface area contributed by atoms with Crippen molar-refractivity contribution in [2.24, 2.45) is 0 Å². The zero-order valence-electron chi connectivity index (χ0n) is 4.99. The van der Waals surface area contributed by atoms with Crippen LogP contribution in [0.4, 0.5) is 18.0 Å². The van der Waals surface area contributed by atoms with Gasteiger partial charge in [0.05, 0.1) is 0 Å². The molecule has 0 fully saturated rings. The summed E-state index contributed by atoms with van der Waals surface area (Å²) >= 11 is 7.10. The van der Waals surface area contributed by atoms with E-state index in [1.54, 1.807) is 0 Å². The van der Waals surface area contributed by atoms with Gasteiger partial charge >= 0.3 is 11.6 Å². The highest BCUT2D eigenvalue weighted by Gasteiger charge is 2.41. The molecule has 66 valence electrons. The van der Waals surface area contributed by atoms with E-state index in [-0.39, 0.29) is 0 Å². The topological polar surface area (TPSA) is 26.3 Å². The van der Waals surface area contributed by atoms with Gasteiger partial charge in [-0.2, -0.15) is 13.2 Å². The Balaban J connectivity index is 4.07. The first kappa shape index (κ1) is 11.0. The maximum absolute atomic E-state index is 11.7. The largest absolute Gasteiger partial charge is 0.440 e. The van der Waals surface area contributed by atoms with Gasteiger partial charge in [-0.05, 0) is 0 Å². The first-order valence-corrected chi connectivity index (χ1v) is 3.86. The summed E-state index contributed by atoms with van der Waals surface area (Å²) in [7, 11) is 0. The predicted molar refractivity (Wildman–Crippen MR) is 36.0 cm³/mol. The number of carbonyl (C=O) groups excluding carboxylic acids is 1. The fourth-order valence-electron chi connectivity index (χ4n) is 0.298. The molecular weight excluding hydrogens is 252 g/mol. The number of hydrogen-bond acceptors (Lipinski definition) is 2. The molecule has 0 rings (SSSR count). The van der Waals surface area contributed by atoms with Crippen LogP contribution >= 0.6 is 27.5 Å². The Labute approximate surface area is 73.8 Å². The fourth-order valence-corrected chi connectivity index (χ4v) is 0.904. The lowest BCUT2D eigenvalue weighted by atomic mass is 10.4. The van der Waals surface area contributed by atoms with Gasteiger partial charge in [0.2, 0.25) is 6.10 Å². The number of halogens is 5. The Kier molecular flexibility index (Phi) is 4.17. The van der Waals surface area contributed by atoms with Crippen molar-refractivity contribution >= 4 is 33.0 Å². The van der Waals surface area contributed by atoms with Crippen LogP contribution in [0.5, 0.6) is 0 Å². The normalized spacial score (nSPS) is 14.3. The molecule has 0 aromatic carbocycles. The lowest BCUT2D eigenvalue weighted by Gasteiger charge is -2.16. The van der Waals surface area contributed by atoms with Crippen LogP contribution < -0.4 is 0 Å². The van der Waals surface area contributed by atoms with Gasteiger partial charge < -0.3 is 4.74 Å². The maximum Gasteiger partial charge on any atom is 0.426 e. The second-order valence-electron chi connectivity index (χ2n) is 1.54. The molecule has 1 atom stereocenters.